The Morgan fingerprint density at radius 2 is 1.66 bits per heavy atom. The van der Waals surface area contributed by atoms with Crippen LogP contribution in [-0.2, 0) is 17.9 Å². The molecular weight excluding hydrogens is 364 g/mol. The molecule has 0 spiro atoms. The lowest BCUT2D eigenvalue weighted by atomic mass is 9.49. The van der Waals surface area contributed by atoms with Crippen molar-refractivity contribution in [2.24, 2.45) is 23.2 Å². The van der Waals surface area contributed by atoms with E-state index in [1.165, 1.54) is 19.3 Å². The first-order valence-corrected chi connectivity index (χ1v) is 10.8. The third kappa shape index (κ3) is 3.70. The lowest BCUT2D eigenvalue weighted by Crippen LogP contribution is -2.53. The number of furan rings is 1. The number of rotatable bonds is 6. The Bertz CT molecular complexity index is 867. The molecule has 5 nitrogen and oxygen atoms in total. The topological polar surface area (TPSA) is 71.3 Å². The van der Waals surface area contributed by atoms with Crippen LogP contribution in [0.15, 0.2) is 47.1 Å². The molecule has 1 aromatic carbocycles. The fourth-order valence-electron chi connectivity index (χ4n) is 6.26. The van der Waals surface area contributed by atoms with Crippen molar-refractivity contribution in [2.45, 2.75) is 51.6 Å². The van der Waals surface area contributed by atoms with Gasteiger partial charge >= 0.3 is 0 Å². The zero-order chi connectivity index (χ0) is 19.8. The summed E-state index contributed by atoms with van der Waals surface area (Å²) in [5, 5.41) is 6.05. The molecule has 4 saturated carbocycles. The lowest BCUT2D eigenvalue weighted by molar-refractivity contribution is -0.146. The number of carbonyl (C=O) groups is 2. The van der Waals surface area contributed by atoms with Crippen LogP contribution in [0.4, 0.5) is 0 Å². The molecule has 0 aliphatic heterocycles. The minimum atomic E-state index is -0.143. The van der Waals surface area contributed by atoms with Gasteiger partial charge in [0.25, 0.3) is 5.91 Å². The summed E-state index contributed by atoms with van der Waals surface area (Å²) in [6.45, 7) is 0.832. The van der Waals surface area contributed by atoms with Gasteiger partial charge in [0.15, 0.2) is 0 Å². The zero-order valence-corrected chi connectivity index (χ0v) is 16.7. The summed E-state index contributed by atoms with van der Waals surface area (Å²) >= 11 is 0. The molecule has 4 bridgehead atoms. The lowest BCUT2D eigenvalue weighted by Gasteiger charge is -2.55. The van der Waals surface area contributed by atoms with Gasteiger partial charge in [-0.05, 0) is 86.1 Å². The molecule has 2 amide bonds. The number of benzene rings is 1. The van der Waals surface area contributed by atoms with E-state index in [1.54, 1.807) is 18.4 Å². The zero-order valence-electron chi connectivity index (χ0n) is 16.7. The van der Waals surface area contributed by atoms with E-state index in [0.29, 0.717) is 18.7 Å². The van der Waals surface area contributed by atoms with Gasteiger partial charge in [-0.2, -0.15) is 0 Å². The van der Waals surface area contributed by atoms with E-state index in [9.17, 15) is 9.59 Å². The second-order valence-corrected chi connectivity index (χ2v) is 9.34. The molecule has 6 rings (SSSR count). The number of carbonyl (C=O) groups excluding carboxylic acids is 2. The third-order valence-electron chi connectivity index (χ3n) is 7.17. The second kappa shape index (κ2) is 7.36. The SMILES string of the molecule is O=C(NCc1ccco1)c1cccc(CNC(=O)C23CC4CC(CC(C4)C2)C3)c1. The average Bonchev–Trinajstić information content (AvgIpc) is 3.23. The molecule has 0 saturated heterocycles. The Morgan fingerprint density at radius 1 is 0.931 bits per heavy atom. The normalized spacial score (nSPS) is 29.6. The highest BCUT2D eigenvalue weighted by Crippen LogP contribution is 2.60. The third-order valence-corrected chi connectivity index (χ3v) is 7.17. The molecule has 1 heterocycles. The van der Waals surface area contributed by atoms with E-state index >= 15 is 0 Å². The van der Waals surface area contributed by atoms with Crippen LogP contribution in [0.2, 0.25) is 0 Å². The van der Waals surface area contributed by atoms with Gasteiger partial charge in [-0.15, -0.1) is 0 Å². The van der Waals surface area contributed by atoms with Crippen LogP contribution in [0.5, 0.6) is 0 Å². The Hall–Kier alpha value is -2.56. The summed E-state index contributed by atoms with van der Waals surface area (Å²) in [7, 11) is 0. The van der Waals surface area contributed by atoms with Crippen LogP contribution in [0.1, 0.15) is 60.2 Å². The Balaban J connectivity index is 1.19. The van der Waals surface area contributed by atoms with E-state index in [1.807, 2.05) is 24.3 Å². The molecule has 29 heavy (non-hydrogen) atoms. The van der Waals surface area contributed by atoms with Gasteiger partial charge in [-0.1, -0.05) is 12.1 Å². The molecule has 0 unspecified atom stereocenters. The Morgan fingerprint density at radius 3 is 2.31 bits per heavy atom. The number of hydrogen-bond acceptors (Lipinski definition) is 3. The number of hydrogen-bond donors (Lipinski definition) is 2. The van der Waals surface area contributed by atoms with Gasteiger partial charge in [0.05, 0.1) is 12.8 Å². The van der Waals surface area contributed by atoms with Gasteiger partial charge < -0.3 is 15.1 Å². The van der Waals surface area contributed by atoms with Crippen LogP contribution in [0.3, 0.4) is 0 Å². The van der Waals surface area contributed by atoms with Crippen molar-refractivity contribution in [3.8, 4) is 0 Å². The molecule has 152 valence electrons. The molecule has 2 N–H and O–H groups in total. The molecule has 0 atom stereocenters. The monoisotopic (exact) mass is 392 g/mol. The first kappa shape index (κ1) is 18.5. The van der Waals surface area contributed by atoms with Crippen molar-refractivity contribution in [3.63, 3.8) is 0 Å². The van der Waals surface area contributed by atoms with E-state index in [-0.39, 0.29) is 17.2 Å². The minimum absolute atomic E-state index is 0.132. The Labute approximate surface area is 171 Å². The highest BCUT2D eigenvalue weighted by atomic mass is 16.3. The van der Waals surface area contributed by atoms with Crippen molar-refractivity contribution in [1.29, 1.82) is 0 Å². The molecule has 4 fully saturated rings. The van der Waals surface area contributed by atoms with Crippen molar-refractivity contribution < 1.29 is 14.0 Å². The molecule has 0 radical (unpaired) electrons. The van der Waals surface area contributed by atoms with Crippen molar-refractivity contribution in [1.82, 2.24) is 10.6 Å². The van der Waals surface area contributed by atoms with Gasteiger partial charge in [0.1, 0.15) is 5.76 Å². The van der Waals surface area contributed by atoms with Crippen molar-refractivity contribution in [3.05, 3.63) is 59.5 Å². The van der Waals surface area contributed by atoms with Crippen LogP contribution in [0, 0.1) is 23.2 Å². The van der Waals surface area contributed by atoms with E-state index in [0.717, 1.165) is 48.3 Å². The first-order valence-electron chi connectivity index (χ1n) is 10.8. The fourth-order valence-corrected chi connectivity index (χ4v) is 6.26. The van der Waals surface area contributed by atoms with E-state index in [4.69, 9.17) is 4.42 Å². The van der Waals surface area contributed by atoms with E-state index < -0.39 is 0 Å². The quantitative estimate of drug-likeness (QED) is 0.779. The van der Waals surface area contributed by atoms with Crippen LogP contribution in [-0.4, -0.2) is 11.8 Å². The van der Waals surface area contributed by atoms with Gasteiger partial charge in [-0.25, -0.2) is 0 Å². The summed E-state index contributed by atoms with van der Waals surface area (Å²) in [5.41, 5.74) is 1.42. The summed E-state index contributed by atoms with van der Waals surface area (Å²) in [5.74, 6) is 3.08. The highest BCUT2D eigenvalue weighted by Gasteiger charge is 2.54. The summed E-state index contributed by atoms with van der Waals surface area (Å²) < 4.78 is 5.25. The highest BCUT2D eigenvalue weighted by molar-refractivity contribution is 5.94. The predicted octanol–water partition coefficient (Wildman–Crippen LogP) is 4.04. The molecule has 4 aliphatic carbocycles. The minimum Gasteiger partial charge on any atom is -0.467 e. The van der Waals surface area contributed by atoms with Gasteiger partial charge in [-0.3, -0.25) is 9.59 Å². The fraction of sp³-hybridized carbons (Fsp3) is 0.500. The standard InChI is InChI=1S/C24H28N2O3/c27-22(25-15-21-5-2-6-29-21)20-4-1-3-16(10-20)14-26-23(28)24-11-17-7-18(12-24)9-19(8-17)13-24/h1-6,10,17-19H,7-9,11-15H2,(H,25,27)(H,26,28). The largest absolute Gasteiger partial charge is 0.467 e. The smallest absolute Gasteiger partial charge is 0.251 e. The maximum absolute atomic E-state index is 13.1. The van der Waals surface area contributed by atoms with Crippen LogP contribution < -0.4 is 10.6 Å². The molecule has 4 aliphatic rings. The molecule has 2 aromatic rings. The van der Waals surface area contributed by atoms with E-state index in [2.05, 4.69) is 10.6 Å². The van der Waals surface area contributed by atoms with Gasteiger partial charge in [0.2, 0.25) is 5.91 Å². The number of amides is 2. The summed E-state index contributed by atoms with van der Waals surface area (Å²) in [6, 6.07) is 11.1. The Kier molecular flexibility index (Phi) is 4.69. The summed E-state index contributed by atoms with van der Waals surface area (Å²) in [6.07, 6.45) is 8.81. The first-order chi connectivity index (χ1) is 14.1. The second-order valence-electron chi connectivity index (χ2n) is 9.34. The maximum atomic E-state index is 13.1. The predicted molar refractivity (Wildman–Crippen MR) is 109 cm³/mol. The molecular formula is C24H28N2O3. The molecule has 1 aromatic heterocycles. The van der Waals surface area contributed by atoms with Crippen LogP contribution >= 0.6 is 0 Å². The van der Waals surface area contributed by atoms with Crippen molar-refractivity contribution >= 4 is 11.8 Å². The summed E-state index contributed by atoms with van der Waals surface area (Å²) in [4.78, 5) is 25.5. The van der Waals surface area contributed by atoms with Crippen molar-refractivity contribution in [2.75, 3.05) is 0 Å². The molecule has 5 heteroatoms. The van der Waals surface area contributed by atoms with Crippen LogP contribution in [0.25, 0.3) is 0 Å². The average molecular weight is 392 g/mol. The number of nitrogens with one attached hydrogen (secondary N) is 2. The van der Waals surface area contributed by atoms with Gasteiger partial charge in [0, 0.05) is 17.5 Å². The maximum Gasteiger partial charge on any atom is 0.251 e.